The van der Waals surface area contributed by atoms with Gasteiger partial charge < -0.3 is 4.90 Å². The third-order valence-electron chi connectivity index (χ3n) is 5.08. The number of fused-ring (bicyclic) bond motifs is 1. The van der Waals surface area contributed by atoms with Gasteiger partial charge in [-0.25, -0.2) is 0 Å². The fourth-order valence-electron chi connectivity index (χ4n) is 3.78. The van der Waals surface area contributed by atoms with Crippen LogP contribution in [-0.4, -0.2) is 30.4 Å². The van der Waals surface area contributed by atoms with Crippen molar-refractivity contribution in [2.24, 2.45) is 0 Å². The molecule has 148 valence electrons. The zero-order valence-electron chi connectivity index (χ0n) is 15.8. The average molecular weight is 442 g/mol. The SMILES string of the molecule is N#CCCN(C(=O)CN1CCc2sccc2C1c1cccs1)c1cccc(Cl)c1. The molecule has 4 nitrogen and oxygen atoms in total. The summed E-state index contributed by atoms with van der Waals surface area (Å²) in [6.45, 7) is 1.50. The lowest BCUT2D eigenvalue weighted by Gasteiger charge is -2.36. The van der Waals surface area contributed by atoms with Crippen LogP contribution in [0.2, 0.25) is 5.02 Å². The van der Waals surface area contributed by atoms with Crippen molar-refractivity contribution in [2.45, 2.75) is 18.9 Å². The van der Waals surface area contributed by atoms with Crippen molar-refractivity contribution in [3.05, 3.63) is 73.6 Å². The number of anilines is 1. The molecule has 1 aromatic carbocycles. The molecule has 0 aliphatic carbocycles. The lowest BCUT2D eigenvalue weighted by molar-refractivity contribution is -0.120. The van der Waals surface area contributed by atoms with Crippen molar-refractivity contribution in [2.75, 3.05) is 24.5 Å². The number of thiophene rings is 2. The molecule has 1 aliphatic heterocycles. The second-order valence-corrected chi connectivity index (χ2v) is 9.29. The average Bonchev–Trinajstić information content (AvgIpc) is 3.40. The Hall–Kier alpha value is -2.17. The van der Waals surface area contributed by atoms with Crippen LogP contribution in [0.5, 0.6) is 0 Å². The van der Waals surface area contributed by atoms with Crippen LogP contribution < -0.4 is 4.90 Å². The molecule has 0 spiro atoms. The molecule has 0 bridgehead atoms. The number of halogens is 1. The Bertz CT molecular complexity index is 1020. The summed E-state index contributed by atoms with van der Waals surface area (Å²) in [5.74, 6) is -0.0113. The Morgan fingerprint density at radius 2 is 2.14 bits per heavy atom. The van der Waals surface area contributed by atoms with Crippen LogP contribution in [0.15, 0.2) is 53.2 Å². The molecule has 1 amide bonds. The maximum absolute atomic E-state index is 13.3. The van der Waals surface area contributed by atoms with E-state index in [0.717, 1.165) is 18.7 Å². The van der Waals surface area contributed by atoms with Gasteiger partial charge in [-0.15, -0.1) is 22.7 Å². The van der Waals surface area contributed by atoms with Gasteiger partial charge in [0.2, 0.25) is 5.91 Å². The number of carbonyl (C=O) groups is 1. The molecule has 1 aliphatic rings. The number of hydrogen-bond acceptors (Lipinski definition) is 5. The van der Waals surface area contributed by atoms with Gasteiger partial charge in [0.05, 0.1) is 25.1 Å². The minimum Gasteiger partial charge on any atom is -0.310 e. The van der Waals surface area contributed by atoms with Gasteiger partial charge in [0.1, 0.15) is 0 Å². The molecule has 0 saturated heterocycles. The number of nitrogens with zero attached hydrogens (tertiary/aromatic N) is 3. The third kappa shape index (κ3) is 4.39. The summed E-state index contributed by atoms with van der Waals surface area (Å²) in [5, 5.41) is 13.9. The van der Waals surface area contributed by atoms with Crippen LogP contribution in [0.25, 0.3) is 0 Å². The monoisotopic (exact) mass is 441 g/mol. The first-order valence-electron chi connectivity index (χ1n) is 9.44. The van der Waals surface area contributed by atoms with Gasteiger partial charge in [-0.05, 0) is 53.1 Å². The summed E-state index contributed by atoms with van der Waals surface area (Å²) in [7, 11) is 0. The van der Waals surface area contributed by atoms with E-state index in [-0.39, 0.29) is 18.4 Å². The first-order chi connectivity index (χ1) is 14.2. The molecule has 4 rings (SSSR count). The molecule has 0 fully saturated rings. The quantitative estimate of drug-likeness (QED) is 0.517. The van der Waals surface area contributed by atoms with Crippen molar-refractivity contribution in [3.8, 4) is 6.07 Å². The van der Waals surface area contributed by atoms with Crippen LogP contribution in [0, 0.1) is 11.3 Å². The van der Waals surface area contributed by atoms with E-state index >= 15 is 0 Å². The Morgan fingerprint density at radius 3 is 2.90 bits per heavy atom. The van der Waals surface area contributed by atoms with Crippen molar-refractivity contribution >= 4 is 45.9 Å². The summed E-state index contributed by atoms with van der Waals surface area (Å²) >= 11 is 9.66. The van der Waals surface area contributed by atoms with Gasteiger partial charge >= 0.3 is 0 Å². The zero-order valence-corrected chi connectivity index (χ0v) is 18.1. The van der Waals surface area contributed by atoms with E-state index in [1.54, 1.807) is 39.7 Å². The number of nitriles is 1. The second-order valence-electron chi connectivity index (χ2n) is 6.87. The summed E-state index contributed by atoms with van der Waals surface area (Å²) in [6.07, 6.45) is 1.23. The van der Waals surface area contributed by atoms with Crippen molar-refractivity contribution < 1.29 is 4.79 Å². The Morgan fingerprint density at radius 1 is 1.24 bits per heavy atom. The Labute approximate surface area is 183 Å². The lowest BCUT2D eigenvalue weighted by atomic mass is 9.98. The van der Waals surface area contributed by atoms with E-state index in [2.05, 4.69) is 39.9 Å². The number of carbonyl (C=O) groups excluding carboxylic acids is 1. The Kier molecular flexibility index (Phi) is 6.31. The van der Waals surface area contributed by atoms with E-state index in [1.165, 1.54) is 15.3 Å². The molecule has 2 aromatic heterocycles. The summed E-state index contributed by atoms with van der Waals surface area (Å²) in [6, 6.07) is 15.9. The number of rotatable bonds is 6. The minimum absolute atomic E-state index is 0.0113. The minimum atomic E-state index is -0.0113. The number of amides is 1. The molecule has 1 unspecified atom stereocenters. The normalized spacial score (nSPS) is 16.2. The third-order valence-corrected chi connectivity index (χ3v) is 7.24. The first kappa shape index (κ1) is 20.1. The lowest BCUT2D eigenvalue weighted by Crippen LogP contribution is -2.44. The summed E-state index contributed by atoms with van der Waals surface area (Å²) in [4.78, 5) is 19.9. The molecule has 29 heavy (non-hydrogen) atoms. The Balaban J connectivity index is 1.60. The predicted octanol–water partition coefficient (Wildman–Crippen LogP) is 5.36. The first-order valence-corrected chi connectivity index (χ1v) is 11.6. The van der Waals surface area contributed by atoms with Gasteiger partial charge in [0, 0.05) is 33.6 Å². The van der Waals surface area contributed by atoms with Crippen LogP contribution in [0.4, 0.5) is 5.69 Å². The van der Waals surface area contributed by atoms with Crippen molar-refractivity contribution in [3.63, 3.8) is 0 Å². The predicted molar refractivity (Wildman–Crippen MR) is 120 cm³/mol. The highest BCUT2D eigenvalue weighted by Crippen LogP contribution is 2.39. The smallest absolute Gasteiger partial charge is 0.241 e. The van der Waals surface area contributed by atoms with Crippen molar-refractivity contribution in [1.82, 2.24) is 4.90 Å². The van der Waals surface area contributed by atoms with Gasteiger partial charge in [-0.2, -0.15) is 5.26 Å². The molecule has 0 saturated carbocycles. The fraction of sp³-hybridized carbons (Fsp3) is 0.273. The fourth-order valence-corrected chi connectivity index (χ4v) is 5.75. The van der Waals surface area contributed by atoms with Crippen LogP contribution in [0.1, 0.15) is 27.8 Å². The van der Waals surface area contributed by atoms with Gasteiger partial charge in [-0.3, -0.25) is 9.69 Å². The standard InChI is InChI=1S/C22H20ClN3OS2/c23-16-4-1-5-17(14-16)26(10-3-9-24)21(27)15-25-11-7-19-18(8-13-29-19)22(25)20-6-2-12-28-20/h1-2,4-6,8,12-14,22H,3,7,10-11,15H2. The van der Waals surface area contributed by atoms with E-state index < -0.39 is 0 Å². The van der Waals surface area contributed by atoms with Crippen LogP contribution >= 0.6 is 34.3 Å². The molecule has 3 aromatic rings. The molecule has 0 N–H and O–H groups in total. The highest BCUT2D eigenvalue weighted by Gasteiger charge is 2.32. The topological polar surface area (TPSA) is 47.3 Å². The number of benzene rings is 1. The van der Waals surface area contributed by atoms with E-state index in [1.807, 2.05) is 12.1 Å². The van der Waals surface area contributed by atoms with Gasteiger partial charge in [0.25, 0.3) is 0 Å². The molecule has 3 heterocycles. The van der Waals surface area contributed by atoms with Crippen molar-refractivity contribution in [1.29, 1.82) is 5.26 Å². The molecular weight excluding hydrogens is 422 g/mol. The van der Waals surface area contributed by atoms with Gasteiger partial charge in [-0.1, -0.05) is 23.7 Å². The maximum atomic E-state index is 13.3. The van der Waals surface area contributed by atoms with E-state index in [0.29, 0.717) is 18.1 Å². The molecule has 0 radical (unpaired) electrons. The molecule has 7 heteroatoms. The zero-order chi connectivity index (χ0) is 20.2. The maximum Gasteiger partial charge on any atom is 0.241 e. The summed E-state index contributed by atoms with van der Waals surface area (Å²) in [5.41, 5.74) is 2.04. The van der Waals surface area contributed by atoms with Crippen LogP contribution in [-0.2, 0) is 11.2 Å². The summed E-state index contributed by atoms with van der Waals surface area (Å²) < 4.78 is 0. The molecular formula is C22H20ClN3OS2. The molecule has 1 atom stereocenters. The van der Waals surface area contributed by atoms with Crippen LogP contribution in [0.3, 0.4) is 0 Å². The van der Waals surface area contributed by atoms with E-state index in [9.17, 15) is 4.79 Å². The largest absolute Gasteiger partial charge is 0.310 e. The highest BCUT2D eigenvalue weighted by atomic mass is 35.5. The number of hydrogen-bond donors (Lipinski definition) is 0. The highest BCUT2D eigenvalue weighted by molar-refractivity contribution is 7.10. The van der Waals surface area contributed by atoms with E-state index in [4.69, 9.17) is 16.9 Å². The second kappa shape index (κ2) is 9.10. The van der Waals surface area contributed by atoms with Gasteiger partial charge in [0.15, 0.2) is 0 Å².